The molecule has 0 aliphatic carbocycles. The molecule has 0 fully saturated rings. The van der Waals surface area contributed by atoms with Gasteiger partial charge in [0.2, 0.25) is 0 Å². The molecular formula is C26H25N3O3. The predicted octanol–water partition coefficient (Wildman–Crippen LogP) is 4.23. The van der Waals surface area contributed by atoms with E-state index in [2.05, 4.69) is 23.7 Å². The van der Waals surface area contributed by atoms with Gasteiger partial charge in [-0.2, -0.15) is 0 Å². The Bertz CT molecular complexity index is 1400. The van der Waals surface area contributed by atoms with E-state index in [9.17, 15) is 9.59 Å². The van der Waals surface area contributed by atoms with Gasteiger partial charge in [-0.25, -0.2) is 4.98 Å². The molecule has 1 N–H and O–H groups in total. The molecule has 0 spiro atoms. The Balaban J connectivity index is 1.42. The largest absolute Gasteiger partial charge is 0.464 e. The first-order valence-electron chi connectivity index (χ1n) is 10.9. The molecule has 0 saturated carbocycles. The summed E-state index contributed by atoms with van der Waals surface area (Å²) in [6, 6.07) is 15.5. The Hall–Kier alpha value is -3.51. The summed E-state index contributed by atoms with van der Waals surface area (Å²) in [7, 11) is 0. The van der Waals surface area contributed by atoms with Crippen LogP contribution >= 0.6 is 0 Å². The van der Waals surface area contributed by atoms with Crippen molar-refractivity contribution in [3.63, 3.8) is 0 Å². The SMILES string of the molecule is CC(C)c1ccc2occ(CN3CCc4nc(-c5ccccc5)[nH]c(=O)c4C3)c(=O)c2c1. The van der Waals surface area contributed by atoms with E-state index in [1.807, 2.05) is 48.5 Å². The molecule has 1 aliphatic heterocycles. The van der Waals surface area contributed by atoms with Gasteiger partial charge in [0.1, 0.15) is 11.4 Å². The summed E-state index contributed by atoms with van der Waals surface area (Å²) in [6.07, 6.45) is 2.21. The predicted molar refractivity (Wildman–Crippen MR) is 125 cm³/mol. The van der Waals surface area contributed by atoms with Crippen molar-refractivity contribution in [3.8, 4) is 11.4 Å². The quantitative estimate of drug-likeness (QED) is 0.527. The van der Waals surface area contributed by atoms with Crippen LogP contribution < -0.4 is 11.0 Å². The molecule has 5 rings (SSSR count). The lowest BCUT2D eigenvalue weighted by Crippen LogP contribution is -2.36. The summed E-state index contributed by atoms with van der Waals surface area (Å²) >= 11 is 0. The maximum atomic E-state index is 13.1. The minimum Gasteiger partial charge on any atom is -0.464 e. The summed E-state index contributed by atoms with van der Waals surface area (Å²) in [5.74, 6) is 0.931. The molecule has 0 bridgehead atoms. The minimum atomic E-state index is -0.120. The average molecular weight is 428 g/mol. The van der Waals surface area contributed by atoms with Crippen molar-refractivity contribution in [2.24, 2.45) is 0 Å². The van der Waals surface area contributed by atoms with Crippen LogP contribution in [-0.4, -0.2) is 21.4 Å². The third kappa shape index (κ3) is 3.78. The molecule has 0 unspecified atom stereocenters. The molecule has 1 aliphatic rings. The van der Waals surface area contributed by atoms with E-state index in [0.717, 1.165) is 23.4 Å². The first-order valence-corrected chi connectivity index (χ1v) is 10.9. The lowest BCUT2D eigenvalue weighted by Gasteiger charge is -2.27. The smallest absolute Gasteiger partial charge is 0.255 e. The van der Waals surface area contributed by atoms with Crippen molar-refractivity contribution in [1.29, 1.82) is 0 Å². The summed E-state index contributed by atoms with van der Waals surface area (Å²) in [4.78, 5) is 35.6. The number of nitrogens with one attached hydrogen (secondary N) is 1. The first-order chi connectivity index (χ1) is 15.5. The molecular weight excluding hydrogens is 402 g/mol. The maximum Gasteiger partial charge on any atom is 0.255 e. The Labute approximate surface area is 185 Å². The second-order valence-corrected chi connectivity index (χ2v) is 8.67. The highest BCUT2D eigenvalue weighted by Crippen LogP contribution is 2.22. The van der Waals surface area contributed by atoms with Crippen LogP contribution in [0.4, 0.5) is 0 Å². The Morgan fingerprint density at radius 1 is 1.12 bits per heavy atom. The van der Waals surface area contributed by atoms with Gasteiger partial charge in [0.15, 0.2) is 5.43 Å². The van der Waals surface area contributed by atoms with Gasteiger partial charge in [-0.05, 0) is 23.6 Å². The highest BCUT2D eigenvalue weighted by atomic mass is 16.3. The fourth-order valence-electron chi connectivity index (χ4n) is 4.25. The number of benzene rings is 2. The molecule has 162 valence electrons. The number of nitrogens with zero attached hydrogens (tertiary/aromatic N) is 2. The van der Waals surface area contributed by atoms with Gasteiger partial charge >= 0.3 is 0 Å². The van der Waals surface area contributed by atoms with Crippen molar-refractivity contribution in [2.45, 2.75) is 39.3 Å². The van der Waals surface area contributed by atoms with Crippen LogP contribution in [0.2, 0.25) is 0 Å². The van der Waals surface area contributed by atoms with E-state index in [4.69, 9.17) is 9.40 Å². The zero-order valence-corrected chi connectivity index (χ0v) is 18.2. The number of rotatable bonds is 4. The van der Waals surface area contributed by atoms with Gasteiger partial charge in [-0.15, -0.1) is 0 Å². The molecule has 6 heteroatoms. The van der Waals surface area contributed by atoms with E-state index in [1.165, 1.54) is 0 Å². The van der Waals surface area contributed by atoms with Crippen LogP contribution in [0.25, 0.3) is 22.4 Å². The van der Waals surface area contributed by atoms with Crippen molar-refractivity contribution in [3.05, 3.63) is 97.8 Å². The topological polar surface area (TPSA) is 79.2 Å². The van der Waals surface area contributed by atoms with Crippen LogP contribution in [-0.2, 0) is 19.5 Å². The van der Waals surface area contributed by atoms with Gasteiger partial charge in [0.25, 0.3) is 5.56 Å². The second-order valence-electron chi connectivity index (χ2n) is 8.67. The van der Waals surface area contributed by atoms with Gasteiger partial charge < -0.3 is 9.40 Å². The Morgan fingerprint density at radius 2 is 1.94 bits per heavy atom. The van der Waals surface area contributed by atoms with Crippen LogP contribution in [0.15, 0.2) is 68.8 Å². The van der Waals surface area contributed by atoms with Gasteiger partial charge in [-0.3, -0.25) is 14.5 Å². The van der Waals surface area contributed by atoms with Gasteiger partial charge in [0, 0.05) is 37.2 Å². The molecule has 2 aromatic carbocycles. The molecule has 4 aromatic rings. The molecule has 2 aromatic heterocycles. The third-order valence-corrected chi connectivity index (χ3v) is 6.12. The van der Waals surface area contributed by atoms with Crippen molar-refractivity contribution < 1.29 is 4.42 Å². The summed E-state index contributed by atoms with van der Waals surface area (Å²) in [5, 5.41) is 0.609. The monoisotopic (exact) mass is 427 g/mol. The van der Waals surface area contributed by atoms with Crippen molar-refractivity contribution >= 4 is 11.0 Å². The van der Waals surface area contributed by atoms with Gasteiger partial charge in [0.05, 0.1) is 22.9 Å². The fraction of sp³-hybridized carbons (Fsp3) is 0.269. The number of hydrogen-bond acceptors (Lipinski definition) is 5. The van der Waals surface area contributed by atoms with E-state index in [0.29, 0.717) is 53.3 Å². The van der Waals surface area contributed by atoms with E-state index >= 15 is 0 Å². The zero-order chi connectivity index (χ0) is 22.2. The molecule has 0 radical (unpaired) electrons. The normalized spacial score (nSPS) is 14.1. The highest BCUT2D eigenvalue weighted by molar-refractivity contribution is 5.77. The summed E-state index contributed by atoms with van der Waals surface area (Å²) in [5.41, 5.74) is 4.58. The van der Waals surface area contributed by atoms with Crippen molar-refractivity contribution in [1.82, 2.24) is 14.9 Å². The molecule has 3 heterocycles. The molecule has 32 heavy (non-hydrogen) atoms. The van der Waals surface area contributed by atoms with E-state index in [1.54, 1.807) is 6.26 Å². The number of H-pyrrole nitrogens is 1. The summed E-state index contributed by atoms with van der Waals surface area (Å²) in [6.45, 7) is 5.82. The van der Waals surface area contributed by atoms with Gasteiger partial charge in [-0.1, -0.05) is 50.2 Å². The van der Waals surface area contributed by atoms with E-state index in [-0.39, 0.29) is 11.0 Å². The number of hydrogen-bond donors (Lipinski definition) is 1. The Morgan fingerprint density at radius 3 is 2.72 bits per heavy atom. The molecule has 0 saturated heterocycles. The maximum absolute atomic E-state index is 13.1. The summed E-state index contributed by atoms with van der Waals surface area (Å²) < 4.78 is 5.75. The number of fused-ring (bicyclic) bond motifs is 2. The number of aromatic amines is 1. The Kier molecular flexibility index (Phi) is 5.23. The highest BCUT2D eigenvalue weighted by Gasteiger charge is 2.23. The van der Waals surface area contributed by atoms with Crippen LogP contribution in [0, 0.1) is 0 Å². The van der Waals surface area contributed by atoms with E-state index < -0.39 is 0 Å². The minimum absolute atomic E-state index is 0.00833. The number of aromatic nitrogens is 2. The standard InChI is InChI=1S/C26H25N3O3/c1-16(2)18-8-9-23-20(12-18)24(30)19(15-32-23)13-29-11-10-22-21(14-29)26(31)28-25(27-22)17-6-4-3-5-7-17/h3-9,12,15-16H,10-11,13-14H2,1-2H3,(H,27,28,31). The average Bonchev–Trinajstić information content (AvgIpc) is 2.81. The lowest BCUT2D eigenvalue weighted by molar-refractivity contribution is 0.239. The second kappa shape index (κ2) is 8.20. The lowest BCUT2D eigenvalue weighted by atomic mass is 10.0. The van der Waals surface area contributed by atoms with Crippen LogP contribution in [0.1, 0.15) is 42.1 Å². The third-order valence-electron chi connectivity index (χ3n) is 6.12. The molecule has 0 atom stereocenters. The van der Waals surface area contributed by atoms with Crippen molar-refractivity contribution in [2.75, 3.05) is 6.54 Å². The zero-order valence-electron chi connectivity index (χ0n) is 18.2. The van der Waals surface area contributed by atoms with Crippen LogP contribution in [0.5, 0.6) is 0 Å². The first kappa shape index (κ1) is 20.4. The molecule has 6 nitrogen and oxygen atoms in total. The van der Waals surface area contributed by atoms with Crippen LogP contribution in [0.3, 0.4) is 0 Å². The molecule has 0 amide bonds. The fourth-order valence-corrected chi connectivity index (χ4v) is 4.25.